The number of hydrogen-bond acceptors (Lipinski definition) is 2. The largest absolute Gasteiger partial charge is 0.388 e. The highest BCUT2D eigenvalue weighted by Gasteiger charge is 2.32. The molecule has 1 nitrogen and oxygen atoms in total. The molecule has 1 heterocycles. The monoisotopic (exact) mass is 188 g/mol. The van der Waals surface area contributed by atoms with Gasteiger partial charge in [-0.3, -0.25) is 0 Å². The number of thiophene rings is 1. The molecule has 60 valence electrons. The van der Waals surface area contributed by atoms with Gasteiger partial charge in [-0.2, -0.15) is 0 Å². The third-order valence-corrected chi connectivity index (χ3v) is 3.23. The van der Waals surface area contributed by atoms with Crippen molar-refractivity contribution in [2.75, 3.05) is 0 Å². The Morgan fingerprint density at radius 3 is 2.82 bits per heavy atom. The van der Waals surface area contributed by atoms with E-state index in [0.717, 1.165) is 22.7 Å². The maximum Gasteiger partial charge on any atom is 0.0986 e. The molecule has 0 spiro atoms. The smallest absolute Gasteiger partial charge is 0.0986 e. The molecular weight excluding hydrogens is 180 g/mol. The van der Waals surface area contributed by atoms with Gasteiger partial charge in [-0.15, -0.1) is 11.3 Å². The Hall–Kier alpha value is -0.0500. The van der Waals surface area contributed by atoms with Crippen molar-refractivity contribution in [3.63, 3.8) is 0 Å². The fourth-order valence-electron chi connectivity index (χ4n) is 1.18. The molecule has 1 N–H and O–H groups in total. The molecule has 2 rings (SSSR count). The SMILES string of the molecule is OC(c1ccsc1Cl)C1CC1. The van der Waals surface area contributed by atoms with Crippen LogP contribution in [0.2, 0.25) is 4.34 Å². The molecule has 1 atom stereocenters. The summed E-state index contributed by atoms with van der Waals surface area (Å²) in [6.45, 7) is 0. The van der Waals surface area contributed by atoms with Gasteiger partial charge in [0.25, 0.3) is 0 Å². The Labute approximate surface area is 74.6 Å². The van der Waals surface area contributed by atoms with E-state index in [1.807, 2.05) is 11.4 Å². The average molecular weight is 189 g/mol. The standard InChI is InChI=1S/C8H9ClOS/c9-8-6(3-4-11-8)7(10)5-1-2-5/h3-5,7,10H,1-2H2. The summed E-state index contributed by atoms with van der Waals surface area (Å²) in [5, 5.41) is 11.6. The van der Waals surface area contributed by atoms with Crippen LogP contribution in [0.25, 0.3) is 0 Å². The van der Waals surface area contributed by atoms with E-state index < -0.39 is 0 Å². The van der Waals surface area contributed by atoms with E-state index in [1.165, 1.54) is 11.3 Å². The molecule has 0 saturated heterocycles. The molecule has 1 aromatic heterocycles. The van der Waals surface area contributed by atoms with Gasteiger partial charge in [0.05, 0.1) is 10.4 Å². The quantitative estimate of drug-likeness (QED) is 0.757. The maximum absolute atomic E-state index is 9.65. The van der Waals surface area contributed by atoms with E-state index in [-0.39, 0.29) is 6.10 Å². The number of aliphatic hydroxyl groups excluding tert-OH is 1. The summed E-state index contributed by atoms with van der Waals surface area (Å²) in [6.07, 6.45) is 1.98. The van der Waals surface area contributed by atoms with Crippen molar-refractivity contribution in [2.24, 2.45) is 5.92 Å². The van der Waals surface area contributed by atoms with Crippen molar-refractivity contribution in [2.45, 2.75) is 18.9 Å². The topological polar surface area (TPSA) is 20.2 Å². The summed E-state index contributed by atoms with van der Waals surface area (Å²) in [6, 6.07) is 1.91. The minimum atomic E-state index is -0.311. The van der Waals surface area contributed by atoms with E-state index in [1.54, 1.807) is 0 Å². The van der Waals surface area contributed by atoms with E-state index in [9.17, 15) is 5.11 Å². The first kappa shape index (κ1) is 7.59. The fourth-order valence-corrected chi connectivity index (χ4v) is 2.17. The Balaban J connectivity index is 2.20. The summed E-state index contributed by atoms with van der Waals surface area (Å²) in [4.78, 5) is 0. The van der Waals surface area contributed by atoms with Gasteiger partial charge in [0, 0.05) is 5.56 Å². The highest BCUT2D eigenvalue weighted by Crippen LogP contribution is 2.43. The van der Waals surface area contributed by atoms with Gasteiger partial charge < -0.3 is 5.11 Å². The first-order chi connectivity index (χ1) is 5.29. The highest BCUT2D eigenvalue weighted by atomic mass is 35.5. The molecule has 1 saturated carbocycles. The van der Waals surface area contributed by atoms with Crippen molar-refractivity contribution < 1.29 is 5.11 Å². The fraction of sp³-hybridized carbons (Fsp3) is 0.500. The second-order valence-electron chi connectivity index (χ2n) is 2.93. The van der Waals surface area contributed by atoms with Gasteiger partial charge in [0.2, 0.25) is 0 Å². The second kappa shape index (κ2) is 2.77. The summed E-state index contributed by atoms with van der Waals surface area (Å²) in [5.74, 6) is 0.474. The van der Waals surface area contributed by atoms with Crippen LogP contribution in [0.4, 0.5) is 0 Å². The van der Waals surface area contributed by atoms with E-state index in [0.29, 0.717) is 5.92 Å². The Bertz CT molecular complexity index is 254. The van der Waals surface area contributed by atoms with E-state index >= 15 is 0 Å². The van der Waals surface area contributed by atoms with Crippen LogP contribution in [0.1, 0.15) is 24.5 Å². The van der Waals surface area contributed by atoms with Gasteiger partial charge in [-0.1, -0.05) is 11.6 Å². The molecule has 1 aliphatic carbocycles. The molecule has 1 aromatic rings. The molecule has 3 heteroatoms. The Morgan fingerprint density at radius 1 is 1.64 bits per heavy atom. The van der Waals surface area contributed by atoms with Crippen LogP contribution in [-0.4, -0.2) is 5.11 Å². The predicted octanol–water partition coefficient (Wildman–Crippen LogP) is 2.84. The van der Waals surface area contributed by atoms with Gasteiger partial charge in [-0.05, 0) is 30.2 Å². The van der Waals surface area contributed by atoms with Crippen LogP contribution in [-0.2, 0) is 0 Å². The Morgan fingerprint density at radius 2 is 2.36 bits per heavy atom. The second-order valence-corrected chi connectivity index (χ2v) is 4.45. The molecule has 0 aliphatic heterocycles. The van der Waals surface area contributed by atoms with Crippen molar-refractivity contribution >= 4 is 22.9 Å². The zero-order chi connectivity index (χ0) is 7.84. The Kier molecular flexibility index (Phi) is 1.91. The highest BCUT2D eigenvalue weighted by molar-refractivity contribution is 7.14. The van der Waals surface area contributed by atoms with Gasteiger partial charge >= 0.3 is 0 Å². The first-order valence-corrected chi connectivity index (χ1v) is 4.96. The number of aliphatic hydroxyl groups is 1. The minimum absolute atomic E-state index is 0.311. The number of hydrogen-bond donors (Lipinski definition) is 1. The van der Waals surface area contributed by atoms with Gasteiger partial charge in [0.15, 0.2) is 0 Å². The summed E-state index contributed by atoms with van der Waals surface area (Å²) in [7, 11) is 0. The molecule has 0 radical (unpaired) electrons. The number of rotatable bonds is 2. The minimum Gasteiger partial charge on any atom is -0.388 e. The molecule has 1 aliphatic rings. The van der Waals surface area contributed by atoms with Crippen LogP contribution in [0.3, 0.4) is 0 Å². The predicted molar refractivity (Wildman–Crippen MR) is 47.0 cm³/mol. The zero-order valence-electron chi connectivity index (χ0n) is 5.96. The van der Waals surface area contributed by atoms with Crippen molar-refractivity contribution in [1.29, 1.82) is 0 Å². The van der Waals surface area contributed by atoms with Crippen LogP contribution >= 0.6 is 22.9 Å². The first-order valence-electron chi connectivity index (χ1n) is 3.70. The third-order valence-electron chi connectivity index (χ3n) is 2.03. The third kappa shape index (κ3) is 1.43. The molecule has 0 aromatic carbocycles. The summed E-state index contributed by atoms with van der Waals surface area (Å²) < 4.78 is 0.740. The van der Waals surface area contributed by atoms with Crippen LogP contribution in [0.5, 0.6) is 0 Å². The lowest BCUT2D eigenvalue weighted by molar-refractivity contribution is 0.154. The van der Waals surface area contributed by atoms with Crippen LogP contribution < -0.4 is 0 Å². The normalized spacial score (nSPS) is 20.2. The molecule has 1 fully saturated rings. The average Bonchev–Trinajstić information content (AvgIpc) is 2.74. The summed E-state index contributed by atoms with van der Waals surface area (Å²) >= 11 is 7.35. The lowest BCUT2D eigenvalue weighted by Crippen LogP contribution is -1.97. The maximum atomic E-state index is 9.65. The van der Waals surface area contributed by atoms with Gasteiger partial charge in [-0.25, -0.2) is 0 Å². The molecule has 0 bridgehead atoms. The van der Waals surface area contributed by atoms with Gasteiger partial charge in [0.1, 0.15) is 0 Å². The van der Waals surface area contributed by atoms with E-state index in [2.05, 4.69) is 0 Å². The van der Waals surface area contributed by atoms with Crippen LogP contribution in [0, 0.1) is 5.92 Å². The van der Waals surface area contributed by atoms with Crippen LogP contribution in [0.15, 0.2) is 11.4 Å². The molecule has 11 heavy (non-hydrogen) atoms. The van der Waals surface area contributed by atoms with Crippen molar-refractivity contribution in [1.82, 2.24) is 0 Å². The molecule has 0 amide bonds. The zero-order valence-corrected chi connectivity index (χ0v) is 7.53. The van der Waals surface area contributed by atoms with Crippen molar-refractivity contribution in [3.05, 3.63) is 21.3 Å². The lowest BCUT2D eigenvalue weighted by Gasteiger charge is -2.06. The summed E-state index contributed by atoms with van der Waals surface area (Å²) in [5.41, 5.74) is 0.916. The van der Waals surface area contributed by atoms with E-state index in [4.69, 9.17) is 11.6 Å². The molecular formula is C8H9ClOS. The lowest BCUT2D eigenvalue weighted by atomic mass is 10.1. The number of halogens is 1. The molecule has 1 unspecified atom stereocenters. The van der Waals surface area contributed by atoms with Crippen molar-refractivity contribution in [3.8, 4) is 0 Å².